The fraction of sp³-hybridized carbons (Fsp3) is 0.200. The Hall–Kier alpha value is -3.67. The molecular formula is C25H23FN2O3. The van der Waals surface area contributed by atoms with Gasteiger partial charge in [0.2, 0.25) is 0 Å². The number of hydrogen-bond acceptors (Lipinski definition) is 3. The molecule has 1 aliphatic heterocycles. The molecule has 0 aliphatic carbocycles. The number of amides is 1. The van der Waals surface area contributed by atoms with E-state index in [4.69, 9.17) is 0 Å². The molecule has 1 atom stereocenters. The van der Waals surface area contributed by atoms with E-state index in [1.54, 1.807) is 54.6 Å². The van der Waals surface area contributed by atoms with Crippen molar-refractivity contribution in [1.29, 1.82) is 0 Å². The summed E-state index contributed by atoms with van der Waals surface area (Å²) in [6.45, 7) is 4.15. The zero-order valence-corrected chi connectivity index (χ0v) is 17.3. The predicted molar refractivity (Wildman–Crippen MR) is 118 cm³/mol. The van der Waals surface area contributed by atoms with Crippen LogP contribution in [0.1, 0.15) is 51.7 Å². The van der Waals surface area contributed by atoms with Crippen LogP contribution in [0.2, 0.25) is 0 Å². The summed E-state index contributed by atoms with van der Waals surface area (Å²) in [5.74, 6) is -1.84. The van der Waals surface area contributed by atoms with Crippen LogP contribution in [0.25, 0.3) is 0 Å². The molecule has 0 radical (unpaired) electrons. The standard InChI is InChI=1S/C25H23FN2O3/c1-25(2)14-18-12-17(24(30)31)9-11-20(18)27-22(25)16-8-10-19(26)21(13-16)28-23(29)15-6-4-3-5-7-15/h3-13,22,27H,14H2,1-2H3,(H,28,29)(H,30,31). The Morgan fingerprint density at radius 1 is 1.03 bits per heavy atom. The Balaban J connectivity index is 1.64. The maximum atomic E-state index is 14.5. The molecule has 1 aliphatic rings. The first-order chi connectivity index (χ1) is 14.7. The Bertz CT molecular complexity index is 1160. The molecular weight excluding hydrogens is 395 g/mol. The van der Waals surface area contributed by atoms with Crippen LogP contribution in [0, 0.1) is 11.2 Å². The lowest BCUT2D eigenvalue weighted by Gasteiger charge is -2.41. The van der Waals surface area contributed by atoms with Gasteiger partial charge < -0.3 is 15.7 Å². The minimum atomic E-state index is -0.958. The number of halogens is 1. The lowest BCUT2D eigenvalue weighted by atomic mass is 9.72. The maximum absolute atomic E-state index is 14.5. The van der Waals surface area contributed by atoms with Gasteiger partial charge in [0.05, 0.1) is 17.3 Å². The normalized spacial score (nSPS) is 16.7. The van der Waals surface area contributed by atoms with Gasteiger partial charge in [-0.15, -0.1) is 0 Å². The molecule has 6 heteroatoms. The van der Waals surface area contributed by atoms with E-state index in [9.17, 15) is 19.1 Å². The Morgan fingerprint density at radius 2 is 1.77 bits per heavy atom. The second-order valence-electron chi connectivity index (χ2n) is 8.48. The van der Waals surface area contributed by atoms with Gasteiger partial charge >= 0.3 is 5.97 Å². The molecule has 158 valence electrons. The fourth-order valence-corrected chi connectivity index (χ4v) is 4.09. The molecule has 3 aromatic carbocycles. The maximum Gasteiger partial charge on any atom is 0.335 e. The van der Waals surface area contributed by atoms with E-state index < -0.39 is 11.8 Å². The molecule has 1 heterocycles. The minimum Gasteiger partial charge on any atom is -0.478 e. The zero-order valence-electron chi connectivity index (χ0n) is 17.3. The molecule has 0 spiro atoms. The SMILES string of the molecule is CC1(C)Cc2cc(C(=O)O)ccc2NC1c1ccc(F)c(NC(=O)c2ccccc2)c1. The number of anilines is 2. The summed E-state index contributed by atoms with van der Waals surface area (Å²) in [5.41, 5.74) is 3.17. The first-order valence-electron chi connectivity index (χ1n) is 10.0. The summed E-state index contributed by atoms with van der Waals surface area (Å²) < 4.78 is 14.5. The summed E-state index contributed by atoms with van der Waals surface area (Å²) >= 11 is 0. The highest BCUT2D eigenvalue weighted by Gasteiger charge is 2.36. The van der Waals surface area contributed by atoms with Crippen molar-refractivity contribution in [3.05, 3.63) is 94.8 Å². The average molecular weight is 418 g/mol. The van der Waals surface area contributed by atoms with Crippen molar-refractivity contribution >= 4 is 23.3 Å². The third-order valence-corrected chi connectivity index (χ3v) is 5.69. The summed E-state index contributed by atoms with van der Waals surface area (Å²) in [4.78, 5) is 23.8. The van der Waals surface area contributed by atoms with Gasteiger partial charge in [0.15, 0.2) is 0 Å². The Labute approximate surface area is 179 Å². The van der Waals surface area contributed by atoms with Crippen molar-refractivity contribution in [2.45, 2.75) is 26.3 Å². The van der Waals surface area contributed by atoms with Crippen LogP contribution < -0.4 is 10.6 Å². The fourth-order valence-electron chi connectivity index (χ4n) is 4.09. The predicted octanol–water partition coefficient (Wildman–Crippen LogP) is 5.51. The van der Waals surface area contributed by atoms with Crippen molar-refractivity contribution in [2.24, 2.45) is 5.41 Å². The van der Waals surface area contributed by atoms with Gasteiger partial charge in [0.1, 0.15) is 5.82 Å². The van der Waals surface area contributed by atoms with E-state index in [0.717, 1.165) is 16.8 Å². The number of benzene rings is 3. The lowest BCUT2D eigenvalue weighted by Crippen LogP contribution is -2.35. The number of fused-ring (bicyclic) bond motifs is 1. The average Bonchev–Trinajstić information content (AvgIpc) is 2.74. The molecule has 1 unspecified atom stereocenters. The molecule has 5 nitrogen and oxygen atoms in total. The smallest absolute Gasteiger partial charge is 0.335 e. The first kappa shape index (κ1) is 20.6. The third kappa shape index (κ3) is 4.14. The van der Waals surface area contributed by atoms with E-state index >= 15 is 0 Å². The summed E-state index contributed by atoms with van der Waals surface area (Å²) in [6, 6.07) is 18.3. The topological polar surface area (TPSA) is 78.4 Å². The number of aromatic carboxylic acids is 1. The number of carbonyl (C=O) groups excluding carboxylic acids is 1. The molecule has 0 saturated carbocycles. The zero-order chi connectivity index (χ0) is 22.2. The number of carboxylic acid groups (broad SMARTS) is 1. The Morgan fingerprint density at radius 3 is 2.48 bits per heavy atom. The highest BCUT2D eigenvalue weighted by atomic mass is 19.1. The van der Waals surface area contributed by atoms with Crippen molar-refractivity contribution < 1.29 is 19.1 Å². The van der Waals surface area contributed by atoms with Gasteiger partial charge in [-0.25, -0.2) is 9.18 Å². The largest absolute Gasteiger partial charge is 0.478 e. The number of rotatable bonds is 4. The van der Waals surface area contributed by atoms with Gasteiger partial charge in [-0.1, -0.05) is 38.1 Å². The monoisotopic (exact) mass is 418 g/mol. The van der Waals surface area contributed by atoms with E-state index in [-0.39, 0.29) is 28.6 Å². The second kappa shape index (κ2) is 7.87. The summed E-state index contributed by atoms with van der Waals surface area (Å²) in [6.07, 6.45) is 0.657. The molecule has 0 fully saturated rings. The highest BCUT2D eigenvalue weighted by Crippen LogP contribution is 2.45. The van der Waals surface area contributed by atoms with Crippen LogP contribution in [0.3, 0.4) is 0 Å². The van der Waals surface area contributed by atoms with Gasteiger partial charge in [-0.2, -0.15) is 0 Å². The molecule has 4 rings (SSSR count). The van der Waals surface area contributed by atoms with Crippen molar-refractivity contribution in [3.63, 3.8) is 0 Å². The van der Waals surface area contributed by atoms with Crippen LogP contribution in [-0.4, -0.2) is 17.0 Å². The van der Waals surface area contributed by atoms with Gasteiger partial charge in [-0.3, -0.25) is 4.79 Å². The van der Waals surface area contributed by atoms with Crippen molar-refractivity contribution in [2.75, 3.05) is 10.6 Å². The summed E-state index contributed by atoms with van der Waals surface area (Å²) in [7, 11) is 0. The van der Waals surface area contributed by atoms with Crippen LogP contribution >= 0.6 is 0 Å². The molecule has 0 saturated heterocycles. The quantitative estimate of drug-likeness (QED) is 0.522. The number of hydrogen-bond donors (Lipinski definition) is 3. The van der Waals surface area contributed by atoms with E-state index in [0.29, 0.717) is 12.0 Å². The highest BCUT2D eigenvalue weighted by molar-refractivity contribution is 6.04. The molecule has 0 bridgehead atoms. The molecule has 1 amide bonds. The van der Waals surface area contributed by atoms with Crippen molar-refractivity contribution in [1.82, 2.24) is 0 Å². The van der Waals surface area contributed by atoms with Crippen LogP contribution in [0.15, 0.2) is 66.7 Å². The number of carboxylic acids is 1. The Kier molecular flexibility index (Phi) is 5.23. The number of nitrogens with one attached hydrogen (secondary N) is 2. The first-order valence-corrected chi connectivity index (χ1v) is 10.0. The van der Waals surface area contributed by atoms with Gasteiger partial charge in [0.25, 0.3) is 5.91 Å². The number of carbonyl (C=O) groups is 2. The van der Waals surface area contributed by atoms with E-state index in [1.165, 1.54) is 6.07 Å². The second-order valence-corrected chi connectivity index (χ2v) is 8.48. The summed E-state index contributed by atoms with van der Waals surface area (Å²) in [5, 5.41) is 15.4. The van der Waals surface area contributed by atoms with E-state index in [2.05, 4.69) is 24.5 Å². The van der Waals surface area contributed by atoms with Crippen LogP contribution in [0.4, 0.5) is 15.8 Å². The minimum absolute atomic E-state index is 0.121. The van der Waals surface area contributed by atoms with Crippen LogP contribution in [-0.2, 0) is 6.42 Å². The van der Waals surface area contributed by atoms with Gasteiger partial charge in [0, 0.05) is 11.3 Å². The molecule has 3 N–H and O–H groups in total. The van der Waals surface area contributed by atoms with Crippen LogP contribution in [0.5, 0.6) is 0 Å². The van der Waals surface area contributed by atoms with Crippen molar-refractivity contribution in [3.8, 4) is 0 Å². The molecule has 0 aromatic heterocycles. The molecule has 3 aromatic rings. The third-order valence-electron chi connectivity index (χ3n) is 5.69. The van der Waals surface area contributed by atoms with Gasteiger partial charge in [-0.05, 0) is 65.4 Å². The molecule has 31 heavy (non-hydrogen) atoms. The lowest BCUT2D eigenvalue weighted by molar-refractivity contribution is 0.0696. The van der Waals surface area contributed by atoms with E-state index in [1.807, 2.05) is 6.07 Å².